The van der Waals surface area contributed by atoms with E-state index >= 15 is 0 Å². The predicted molar refractivity (Wildman–Crippen MR) is 163 cm³/mol. The van der Waals surface area contributed by atoms with Gasteiger partial charge in [0.25, 0.3) is 0 Å². The van der Waals surface area contributed by atoms with Gasteiger partial charge >= 0.3 is 0 Å². The van der Waals surface area contributed by atoms with Crippen molar-refractivity contribution in [3.05, 3.63) is 102 Å². The van der Waals surface area contributed by atoms with E-state index in [2.05, 4.69) is 10.3 Å². The number of thiazole rings is 1. The molecule has 0 atom stereocenters. The minimum absolute atomic E-state index is 0.0430. The zero-order chi connectivity index (χ0) is 28.3. The van der Waals surface area contributed by atoms with Gasteiger partial charge in [0.1, 0.15) is 0 Å². The third-order valence-electron chi connectivity index (χ3n) is 6.45. The molecule has 0 bridgehead atoms. The second-order valence-electron chi connectivity index (χ2n) is 9.48. The molecule has 1 amide bonds. The largest absolute Gasteiger partial charge is 0.377 e. The molecule has 0 saturated carbocycles. The van der Waals surface area contributed by atoms with Crippen LogP contribution in [0.5, 0.6) is 0 Å². The Hall–Kier alpha value is -4.25. The molecule has 204 valence electrons. The summed E-state index contributed by atoms with van der Waals surface area (Å²) in [7, 11) is -0.329. The molecule has 0 aliphatic heterocycles. The van der Waals surface area contributed by atoms with Crippen LogP contribution in [0, 0.1) is 0 Å². The van der Waals surface area contributed by atoms with Crippen LogP contribution in [-0.2, 0) is 21.4 Å². The summed E-state index contributed by atoms with van der Waals surface area (Å²) in [6.45, 7) is -0.316. The molecule has 5 rings (SSSR count). The van der Waals surface area contributed by atoms with Gasteiger partial charge in [0.05, 0.1) is 17.1 Å². The minimum Gasteiger partial charge on any atom is -0.377 e. The molecule has 0 spiro atoms. The van der Waals surface area contributed by atoms with E-state index in [-0.39, 0.29) is 18.0 Å². The van der Waals surface area contributed by atoms with Crippen molar-refractivity contribution >= 4 is 54.5 Å². The quantitative estimate of drug-likeness (QED) is 0.244. The Labute approximate surface area is 237 Å². The van der Waals surface area contributed by atoms with E-state index in [1.165, 1.54) is 15.6 Å². The number of carbonyl (C=O) groups is 1. The van der Waals surface area contributed by atoms with E-state index < -0.39 is 15.9 Å². The van der Waals surface area contributed by atoms with Crippen LogP contribution in [0.1, 0.15) is 5.56 Å². The summed E-state index contributed by atoms with van der Waals surface area (Å²) in [5.41, 5.74) is 9.47. The number of nitrogen functional groups attached to an aromatic ring is 1. The Kier molecular flexibility index (Phi) is 7.83. The summed E-state index contributed by atoms with van der Waals surface area (Å²) >= 11 is 1.36. The van der Waals surface area contributed by atoms with Crippen LogP contribution in [0.3, 0.4) is 0 Å². The number of nitrogens with two attached hydrogens (primary N) is 1. The first-order chi connectivity index (χ1) is 19.2. The first-order valence-electron chi connectivity index (χ1n) is 12.6. The van der Waals surface area contributed by atoms with Crippen molar-refractivity contribution in [3.63, 3.8) is 0 Å². The average Bonchev–Trinajstić information content (AvgIpc) is 3.39. The van der Waals surface area contributed by atoms with E-state index in [1.807, 2.05) is 91.1 Å². The highest BCUT2D eigenvalue weighted by Gasteiger charge is 2.29. The molecule has 8 nitrogen and oxygen atoms in total. The van der Waals surface area contributed by atoms with Crippen molar-refractivity contribution in [2.75, 3.05) is 36.6 Å². The van der Waals surface area contributed by atoms with Gasteiger partial charge in [-0.1, -0.05) is 66.7 Å². The maximum atomic E-state index is 14.2. The summed E-state index contributed by atoms with van der Waals surface area (Å²) in [5.74, 6) is -0.446. The molecule has 4 aromatic carbocycles. The van der Waals surface area contributed by atoms with Crippen LogP contribution >= 0.6 is 11.3 Å². The number of rotatable bonds is 9. The molecule has 40 heavy (non-hydrogen) atoms. The third kappa shape index (κ3) is 5.84. The molecule has 10 heteroatoms. The number of anilines is 3. The molecule has 1 heterocycles. The van der Waals surface area contributed by atoms with E-state index in [0.717, 1.165) is 27.9 Å². The molecule has 5 aromatic rings. The molecule has 0 fully saturated rings. The molecule has 0 aliphatic carbocycles. The number of nitrogens with zero attached hydrogens (tertiary/aromatic N) is 3. The normalized spacial score (nSPS) is 11.6. The Bertz CT molecular complexity index is 1750. The lowest BCUT2D eigenvalue weighted by Crippen LogP contribution is -2.37. The van der Waals surface area contributed by atoms with Crippen molar-refractivity contribution in [2.24, 2.45) is 0 Å². The summed E-state index contributed by atoms with van der Waals surface area (Å²) in [6, 6.07) is 27.3. The molecule has 1 aromatic heterocycles. The van der Waals surface area contributed by atoms with Crippen LogP contribution in [0.4, 0.5) is 16.5 Å². The highest BCUT2D eigenvalue weighted by molar-refractivity contribution is 7.89. The van der Waals surface area contributed by atoms with Gasteiger partial charge in [-0.05, 0) is 35.2 Å². The zero-order valence-electron chi connectivity index (χ0n) is 22.1. The van der Waals surface area contributed by atoms with Crippen LogP contribution in [0.2, 0.25) is 0 Å². The maximum Gasteiger partial charge on any atom is 0.244 e. The molecule has 0 unspecified atom stereocenters. The minimum atomic E-state index is -4.08. The average molecular weight is 572 g/mol. The lowest BCUT2D eigenvalue weighted by Gasteiger charge is -2.24. The van der Waals surface area contributed by atoms with Gasteiger partial charge in [0.15, 0.2) is 5.13 Å². The fourth-order valence-corrected chi connectivity index (χ4v) is 6.72. The van der Waals surface area contributed by atoms with Crippen molar-refractivity contribution < 1.29 is 13.2 Å². The van der Waals surface area contributed by atoms with Crippen LogP contribution < -0.4 is 16.0 Å². The van der Waals surface area contributed by atoms with Crippen LogP contribution in [0.25, 0.3) is 22.0 Å². The standard InChI is InChI=1S/C30H29N5O3S2/c1-34(2)26-12-6-10-23-11-7-13-27(29(23)26)40(37,38)35(18-21-8-4-3-5-9-21)19-28(36)32-24-16-14-22(15-17-24)25-20-39-30(31)33-25/h3-17,20H,18-19H2,1-2H3,(H2,31,33)(H,32,36). The van der Waals surface area contributed by atoms with E-state index in [4.69, 9.17) is 5.73 Å². The number of carbonyl (C=O) groups excluding carboxylic acids is 1. The SMILES string of the molecule is CN(C)c1cccc2cccc(S(=O)(=O)N(CC(=O)Nc3ccc(-c4csc(N)n4)cc3)Cc3ccccc3)c12. The number of hydrogen-bond acceptors (Lipinski definition) is 7. The van der Waals surface area contributed by atoms with Gasteiger partial charge in [0.2, 0.25) is 15.9 Å². The molecule has 0 saturated heterocycles. The second-order valence-corrected chi connectivity index (χ2v) is 12.3. The van der Waals surface area contributed by atoms with E-state index in [1.54, 1.807) is 24.3 Å². The molecule has 3 N–H and O–H groups in total. The van der Waals surface area contributed by atoms with Crippen molar-refractivity contribution in [2.45, 2.75) is 11.4 Å². The maximum absolute atomic E-state index is 14.2. The highest BCUT2D eigenvalue weighted by Crippen LogP contribution is 2.34. The number of hydrogen-bond donors (Lipinski definition) is 2. The smallest absolute Gasteiger partial charge is 0.244 e. The van der Waals surface area contributed by atoms with Gasteiger partial charge in [-0.3, -0.25) is 4.79 Å². The fourth-order valence-electron chi connectivity index (χ4n) is 4.53. The van der Waals surface area contributed by atoms with E-state index in [0.29, 0.717) is 16.2 Å². The third-order valence-corrected chi connectivity index (χ3v) is 8.96. The lowest BCUT2D eigenvalue weighted by molar-refractivity contribution is -0.116. The van der Waals surface area contributed by atoms with Crippen molar-refractivity contribution in [1.29, 1.82) is 0 Å². The number of fused-ring (bicyclic) bond motifs is 1. The Balaban J connectivity index is 1.46. The molecular weight excluding hydrogens is 542 g/mol. The number of nitrogens with one attached hydrogen (secondary N) is 1. The number of sulfonamides is 1. The van der Waals surface area contributed by atoms with Crippen molar-refractivity contribution in [1.82, 2.24) is 9.29 Å². The van der Waals surface area contributed by atoms with Gasteiger partial charge in [-0.15, -0.1) is 11.3 Å². The Morgan fingerprint density at radius 2 is 1.62 bits per heavy atom. The summed E-state index contributed by atoms with van der Waals surface area (Å²) in [5, 5.41) is 6.61. The fraction of sp³-hybridized carbons (Fsp3) is 0.133. The van der Waals surface area contributed by atoms with Crippen LogP contribution in [0.15, 0.2) is 101 Å². The van der Waals surface area contributed by atoms with Gasteiger partial charge < -0.3 is 16.0 Å². The molecular formula is C30H29N5O3S2. The first kappa shape index (κ1) is 27.3. The van der Waals surface area contributed by atoms with Gasteiger partial charge in [0, 0.05) is 48.3 Å². The summed E-state index contributed by atoms with van der Waals surface area (Å²) < 4.78 is 29.7. The number of benzene rings is 4. The number of aromatic nitrogens is 1. The molecule has 0 radical (unpaired) electrons. The Morgan fingerprint density at radius 3 is 2.27 bits per heavy atom. The van der Waals surface area contributed by atoms with Crippen LogP contribution in [-0.4, -0.2) is 44.3 Å². The number of amides is 1. The Morgan fingerprint density at radius 1 is 0.925 bits per heavy atom. The monoisotopic (exact) mass is 571 g/mol. The highest BCUT2D eigenvalue weighted by atomic mass is 32.2. The van der Waals surface area contributed by atoms with E-state index in [9.17, 15) is 13.2 Å². The van der Waals surface area contributed by atoms with Gasteiger partial charge in [-0.2, -0.15) is 4.31 Å². The molecule has 0 aliphatic rings. The van der Waals surface area contributed by atoms with Gasteiger partial charge in [-0.25, -0.2) is 13.4 Å². The predicted octanol–water partition coefficient (Wildman–Crippen LogP) is 5.44. The van der Waals surface area contributed by atoms with Crippen molar-refractivity contribution in [3.8, 4) is 11.3 Å². The summed E-state index contributed by atoms with van der Waals surface area (Å²) in [4.78, 5) is 19.6. The summed E-state index contributed by atoms with van der Waals surface area (Å²) in [6.07, 6.45) is 0. The lowest BCUT2D eigenvalue weighted by atomic mass is 10.1. The topological polar surface area (TPSA) is 109 Å². The first-order valence-corrected chi connectivity index (χ1v) is 14.9. The second kappa shape index (κ2) is 11.5. The zero-order valence-corrected chi connectivity index (χ0v) is 23.7.